The van der Waals surface area contributed by atoms with Crippen molar-refractivity contribution in [2.24, 2.45) is 15.7 Å². The van der Waals surface area contributed by atoms with Gasteiger partial charge in [-0.25, -0.2) is 9.98 Å². The molecule has 0 radical (unpaired) electrons. The lowest BCUT2D eigenvalue weighted by Gasteiger charge is -2.34. The number of carbonyl (C=O) groups excluding carboxylic acids is 1. The third-order valence-corrected chi connectivity index (χ3v) is 7.03. The van der Waals surface area contributed by atoms with E-state index in [1.807, 2.05) is 48.5 Å². The molecule has 3 atom stereocenters. The number of nitrogens with one attached hydrogen (secondary N) is 2. The molecule has 11 heteroatoms. The van der Waals surface area contributed by atoms with Crippen molar-refractivity contribution in [1.29, 1.82) is 10.7 Å². The van der Waals surface area contributed by atoms with Gasteiger partial charge in [-0.3, -0.25) is 10.2 Å². The molecule has 2 aromatic carbocycles. The SMILES string of the molecule is N#Cc1cnc(C(=N)OC(N)=NC2N=C(c3ccccc3)c3ccccc3NC2=O)c(N2CC3CCC(C2)O3)c1. The summed E-state index contributed by atoms with van der Waals surface area (Å²) >= 11 is 0. The van der Waals surface area contributed by atoms with Gasteiger partial charge >= 0.3 is 0 Å². The Hall–Kier alpha value is -5.08. The first-order chi connectivity index (χ1) is 19.5. The molecule has 6 rings (SSSR count). The number of amidine groups is 1. The number of ether oxygens (including phenoxy) is 2. The summed E-state index contributed by atoms with van der Waals surface area (Å²) in [6.45, 7) is 1.24. The van der Waals surface area contributed by atoms with Crippen LogP contribution in [0.3, 0.4) is 0 Å². The number of nitriles is 1. The molecule has 1 aromatic heterocycles. The summed E-state index contributed by atoms with van der Waals surface area (Å²) < 4.78 is 11.5. The molecule has 3 aliphatic rings. The molecule has 40 heavy (non-hydrogen) atoms. The number of amides is 1. The Bertz CT molecular complexity index is 1570. The van der Waals surface area contributed by atoms with Gasteiger partial charge in [-0.2, -0.15) is 10.3 Å². The molecular weight excluding hydrogens is 508 g/mol. The van der Waals surface area contributed by atoms with Gasteiger partial charge in [0.05, 0.1) is 34.9 Å². The van der Waals surface area contributed by atoms with E-state index in [0.717, 1.165) is 24.0 Å². The lowest BCUT2D eigenvalue weighted by Crippen LogP contribution is -2.43. The summed E-state index contributed by atoms with van der Waals surface area (Å²) in [6.07, 6.45) is 2.24. The average molecular weight is 535 g/mol. The number of benzene rings is 2. The monoisotopic (exact) mass is 534 g/mol. The highest BCUT2D eigenvalue weighted by Gasteiger charge is 2.35. The number of aromatic nitrogens is 1. The fourth-order valence-electron chi connectivity index (χ4n) is 5.20. The van der Waals surface area contributed by atoms with E-state index in [4.69, 9.17) is 20.6 Å². The number of aliphatic imine (C=N–C) groups is 2. The largest absolute Gasteiger partial charge is 0.405 e. The van der Waals surface area contributed by atoms with Crippen LogP contribution in [-0.4, -0.2) is 60.0 Å². The molecule has 3 unspecified atom stereocenters. The molecule has 11 nitrogen and oxygen atoms in total. The van der Waals surface area contributed by atoms with Gasteiger partial charge < -0.3 is 25.4 Å². The maximum atomic E-state index is 13.1. The molecule has 3 aromatic rings. The van der Waals surface area contributed by atoms with E-state index in [-0.39, 0.29) is 23.8 Å². The molecule has 1 amide bonds. The Labute approximate surface area is 230 Å². The van der Waals surface area contributed by atoms with E-state index in [9.17, 15) is 10.1 Å². The van der Waals surface area contributed by atoms with Crippen LogP contribution in [0.25, 0.3) is 0 Å². The zero-order valence-corrected chi connectivity index (χ0v) is 21.4. The smallest absolute Gasteiger partial charge is 0.291 e. The fraction of sp³-hybridized carbons (Fsp3) is 0.241. The Morgan fingerprint density at radius 2 is 1.88 bits per heavy atom. The van der Waals surface area contributed by atoms with Crippen LogP contribution in [0.15, 0.2) is 76.8 Å². The topological polar surface area (TPSA) is 162 Å². The summed E-state index contributed by atoms with van der Waals surface area (Å²) in [5.41, 5.74) is 10.0. The molecule has 0 spiro atoms. The number of fused-ring (bicyclic) bond motifs is 3. The third-order valence-electron chi connectivity index (χ3n) is 7.03. The van der Waals surface area contributed by atoms with E-state index in [1.165, 1.54) is 6.20 Å². The Morgan fingerprint density at radius 1 is 1.15 bits per heavy atom. The minimum atomic E-state index is -1.25. The van der Waals surface area contributed by atoms with E-state index < -0.39 is 18.1 Å². The predicted molar refractivity (Wildman–Crippen MR) is 150 cm³/mol. The van der Waals surface area contributed by atoms with Crippen LogP contribution in [0, 0.1) is 16.7 Å². The number of nitrogens with zero attached hydrogens (tertiary/aromatic N) is 5. The lowest BCUT2D eigenvalue weighted by molar-refractivity contribution is -0.117. The number of hydrogen-bond donors (Lipinski definition) is 3. The van der Waals surface area contributed by atoms with Crippen molar-refractivity contribution in [3.05, 3.63) is 89.2 Å². The number of nitrogens with two attached hydrogens (primary N) is 1. The summed E-state index contributed by atoms with van der Waals surface area (Å²) in [6, 6.07) is 20.2. The van der Waals surface area contributed by atoms with Gasteiger partial charge in [0.1, 0.15) is 11.8 Å². The highest BCUT2D eigenvalue weighted by Crippen LogP contribution is 2.32. The normalized spacial score (nSPS) is 21.9. The van der Waals surface area contributed by atoms with Crippen molar-refractivity contribution >= 4 is 34.9 Å². The van der Waals surface area contributed by atoms with E-state index in [2.05, 4.69) is 31.3 Å². The van der Waals surface area contributed by atoms with E-state index >= 15 is 0 Å². The second kappa shape index (κ2) is 10.6. The molecule has 2 saturated heterocycles. The number of morpholine rings is 1. The highest BCUT2D eigenvalue weighted by atomic mass is 16.5. The van der Waals surface area contributed by atoms with Crippen LogP contribution in [0.5, 0.6) is 0 Å². The van der Waals surface area contributed by atoms with Crippen molar-refractivity contribution in [3.63, 3.8) is 0 Å². The van der Waals surface area contributed by atoms with Gasteiger partial charge in [-0.1, -0.05) is 48.5 Å². The van der Waals surface area contributed by atoms with Crippen LogP contribution in [0.2, 0.25) is 0 Å². The Kier molecular flexibility index (Phi) is 6.67. The van der Waals surface area contributed by atoms with Gasteiger partial charge in [-0.15, -0.1) is 0 Å². The lowest BCUT2D eigenvalue weighted by atomic mass is 10.0. The molecule has 0 saturated carbocycles. The van der Waals surface area contributed by atoms with Gasteiger partial charge in [0.25, 0.3) is 11.9 Å². The number of anilines is 2. The van der Waals surface area contributed by atoms with Crippen molar-refractivity contribution < 1.29 is 14.3 Å². The molecule has 3 aliphatic heterocycles. The van der Waals surface area contributed by atoms with Crippen LogP contribution in [0.4, 0.5) is 11.4 Å². The number of hydrogen-bond acceptors (Lipinski definition) is 9. The summed E-state index contributed by atoms with van der Waals surface area (Å²) in [4.78, 5) is 28.4. The summed E-state index contributed by atoms with van der Waals surface area (Å²) in [5.74, 6) is -0.846. The molecule has 2 fully saturated rings. The molecular formula is C29H26N8O3. The molecule has 4 N–H and O–H groups in total. The van der Waals surface area contributed by atoms with E-state index in [0.29, 0.717) is 35.7 Å². The zero-order chi connectivity index (χ0) is 27.6. The van der Waals surface area contributed by atoms with Gasteiger partial charge in [0, 0.05) is 30.4 Å². The van der Waals surface area contributed by atoms with Crippen LogP contribution in [-0.2, 0) is 14.3 Å². The van der Waals surface area contributed by atoms with Crippen molar-refractivity contribution in [2.75, 3.05) is 23.3 Å². The zero-order valence-electron chi connectivity index (χ0n) is 21.4. The fourth-order valence-corrected chi connectivity index (χ4v) is 5.20. The van der Waals surface area contributed by atoms with Crippen molar-refractivity contribution in [1.82, 2.24) is 4.98 Å². The minimum absolute atomic E-state index is 0.0913. The molecule has 2 bridgehead atoms. The first-order valence-corrected chi connectivity index (χ1v) is 12.9. The molecule has 0 aliphatic carbocycles. The van der Waals surface area contributed by atoms with Gasteiger partial charge in [0.15, 0.2) is 0 Å². The van der Waals surface area contributed by atoms with Crippen LogP contribution >= 0.6 is 0 Å². The maximum absolute atomic E-state index is 13.1. The number of rotatable bonds is 4. The third kappa shape index (κ3) is 5.00. The van der Waals surface area contributed by atoms with Crippen molar-refractivity contribution in [3.8, 4) is 6.07 Å². The number of carbonyl (C=O) groups is 1. The van der Waals surface area contributed by atoms with Crippen molar-refractivity contribution in [2.45, 2.75) is 31.2 Å². The van der Waals surface area contributed by atoms with Crippen LogP contribution < -0.4 is 16.0 Å². The number of benzodiazepines with no additional fused rings is 1. The average Bonchev–Trinajstić information content (AvgIpc) is 3.25. The predicted octanol–water partition coefficient (Wildman–Crippen LogP) is 2.79. The maximum Gasteiger partial charge on any atom is 0.291 e. The minimum Gasteiger partial charge on any atom is -0.405 e. The Balaban J connectivity index is 1.29. The number of para-hydroxylation sites is 1. The quantitative estimate of drug-likeness (QED) is 0.342. The summed E-state index contributed by atoms with van der Waals surface area (Å²) in [5, 5.41) is 20.9. The van der Waals surface area contributed by atoms with E-state index in [1.54, 1.807) is 12.1 Å². The Morgan fingerprint density at radius 3 is 2.62 bits per heavy atom. The summed E-state index contributed by atoms with van der Waals surface area (Å²) in [7, 11) is 0. The van der Waals surface area contributed by atoms with Gasteiger partial charge in [-0.05, 0) is 25.0 Å². The molecule has 200 valence electrons. The first-order valence-electron chi connectivity index (χ1n) is 12.9. The first kappa shape index (κ1) is 25.2. The standard InChI is InChI=1S/C29H26N8O3/c30-13-17-12-23(37-15-19-10-11-20(16-37)39-19)25(33-14-17)26(31)40-29(32)36-27-28(38)34-22-9-5-4-8-21(22)24(35-27)18-6-2-1-3-7-18/h1-9,12,14,19-20,27,31H,10-11,15-16H2,(H2,32,36)(H,34,38). The second-order valence-electron chi connectivity index (χ2n) is 9.72. The molecule has 4 heterocycles. The van der Waals surface area contributed by atoms with Gasteiger partial charge in [0.2, 0.25) is 12.1 Å². The van der Waals surface area contributed by atoms with Crippen LogP contribution in [0.1, 0.15) is 35.2 Å². The second-order valence-corrected chi connectivity index (χ2v) is 9.72. The number of pyridine rings is 1. The highest BCUT2D eigenvalue weighted by molar-refractivity contribution is 6.19.